The number of amides is 1. The van der Waals surface area contributed by atoms with E-state index in [4.69, 9.17) is 9.47 Å². The van der Waals surface area contributed by atoms with E-state index in [0.717, 1.165) is 60.8 Å². The fourth-order valence-corrected chi connectivity index (χ4v) is 4.62. The van der Waals surface area contributed by atoms with E-state index in [1.807, 2.05) is 61.5 Å². The van der Waals surface area contributed by atoms with Gasteiger partial charge < -0.3 is 25.0 Å². The molecule has 0 bridgehead atoms. The van der Waals surface area contributed by atoms with Crippen LogP contribution in [0.3, 0.4) is 0 Å². The van der Waals surface area contributed by atoms with E-state index in [-0.39, 0.29) is 11.9 Å². The Hall–Kier alpha value is -3.51. The monoisotopic (exact) mass is 473 g/mol. The topological polar surface area (TPSA) is 62.8 Å². The van der Waals surface area contributed by atoms with E-state index in [1.165, 1.54) is 0 Å². The molecule has 2 N–H and O–H groups in total. The van der Waals surface area contributed by atoms with Crippen LogP contribution in [0.4, 0.5) is 5.69 Å². The number of nitrogens with one attached hydrogen (secondary N) is 2. The zero-order chi connectivity index (χ0) is 24.6. The molecule has 1 aliphatic heterocycles. The smallest absolute Gasteiger partial charge is 0.251 e. The van der Waals surface area contributed by atoms with Gasteiger partial charge in [-0.15, -0.1) is 0 Å². The number of nitrogens with zero attached hydrogens (tertiary/aromatic N) is 1. The van der Waals surface area contributed by atoms with E-state index < -0.39 is 0 Å². The van der Waals surface area contributed by atoms with E-state index in [2.05, 4.69) is 33.7 Å². The third-order valence-electron chi connectivity index (χ3n) is 6.70. The van der Waals surface area contributed by atoms with Crippen LogP contribution in [0.25, 0.3) is 0 Å². The van der Waals surface area contributed by atoms with Gasteiger partial charge in [0.05, 0.1) is 20.3 Å². The average Bonchev–Trinajstić information content (AvgIpc) is 2.92. The van der Waals surface area contributed by atoms with Crippen molar-refractivity contribution in [3.05, 3.63) is 89.5 Å². The number of methoxy groups -OCH3 is 2. The average molecular weight is 474 g/mol. The minimum absolute atomic E-state index is 0.0353. The van der Waals surface area contributed by atoms with E-state index in [1.54, 1.807) is 14.2 Å². The predicted molar refractivity (Wildman–Crippen MR) is 140 cm³/mol. The first kappa shape index (κ1) is 24.6. The normalized spacial score (nSPS) is 14.9. The molecule has 3 aromatic carbocycles. The number of rotatable bonds is 9. The summed E-state index contributed by atoms with van der Waals surface area (Å²) in [4.78, 5) is 15.1. The van der Waals surface area contributed by atoms with Gasteiger partial charge in [-0.1, -0.05) is 42.5 Å². The Balaban J connectivity index is 1.27. The van der Waals surface area contributed by atoms with Crippen LogP contribution in [-0.2, 0) is 6.54 Å². The summed E-state index contributed by atoms with van der Waals surface area (Å²) in [7, 11) is 3.34. The molecule has 1 atom stereocenters. The molecule has 1 fully saturated rings. The second-order valence-corrected chi connectivity index (χ2v) is 8.95. The van der Waals surface area contributed by atoms with E-state index in [9.17, 15) is 4.79 Å². The Kier molecular flexibility index (Phi) is 8.27. The first-order valence-electron chi connectivity index (χ1n) is 12.2. The van der Waals surface area contributed by atoms with Crippen molar-refractivity contribution in [2.24, 2.45) is 0 Å². The number of carbonyl (C=O) groups is 1. The molecule has 0 aromatic heterocycles. The number of hydrogen-bond donors (Lipinski definition) is 2. The van der Waals surface area contributed by atoms with Crippen LogP contribution in [0.5, 0.6) is 11.5 Å². The highest BCUT2D eigenvalue weighted by molar-refractivity contribution is 5.94. The van der Waals surface area contributed by atoms with Gasteiger partial charge in [-0.25, -0.2) is 0 Å². The lowest BCUT2D eigenvalue weighted by atomic mass is 10.0. The van der Waals surface area contributed by atoms with Crippen molar-refractivity contribution in [2.45, 2.75) is 38.4 Å². The Morgan fingerprint density at radius 3 is 2.31 bits per heavy atom. The molecule has 0 saturated carbocycles. The van der Waals surface area contributed by atoms with Gasteiger partial charge in [-0.2, -0.15) is 0 Å². The molecule has 35 heavy (non-hydrogen) atoms. The quantitative estimate of drug-likeness (QED) is 0.460. The molecule has 1 amide bonds. The lowest BCUT2D eigenvalue weighted by molar-refractivity contribution is 0.0940. The maximum absolute atomic E-state index is 12.7. The summed E-state index contributed by atoms with van der Waals surface area (Å²) in [6.45, 7) is 4.70. The largest absolute Gasteiger partial charge is 0.493 e. The predicted octanol–water partition coefficient (Wildman–Crippen LogP) is 4.95. The van der Waals surface area contributed by atoms with Gasteiger partial charge in [0, 0.05) is 42.5 Å². The SMILES string of the molecule is COc1cccc(CNC2CCN(c3ccc(C(=O)N[C@H](C)c4ccccc4)cc3)CC2)c1OC. The van der Waals surface area contributed by atoms with Crippen molar-refractivity contribution in [1.29, 1.82) is 0 Å². The third kappa shape index (κ3) is 6.14. The van der Waals surface area contributed by atoms with Gasteiger partial charge in [0.2, 0.25) is 0 Å². The summed E-state index contributed by atoms with van der Waals surface area (Å²) in [6.07, 6.45) is 2.12. The molecule has 184 valence electrons. The molecule has 0 radical (unpaired) electrons. The molecule has 3 aromatic rings. The van der Waals surface area contributed by atoms with E-state index >= 15 is 0 Å². The van der Waals surface area contributed by atoms with Gasteiger partial charge >= 0.3 is 0 Å². The molecule has 6 heteroatoms. The number of ether oxygens (including phenoxy) is 2. The molecule has 4 rings (SSSR count). The van der Waals surface area contributed by atoms with Crippen LogP contribution >= 0.6 is 0 Å². The van der Waals surface area contributed by atoms with Crippen molar-refractivity contribution in [2.75, 3.05) is 32.2 Å². The summed E-state index contributed by atoms with van der Waals surface area (Å²) in [5.74, 6) is 1.50. The second-order valence-electron chi connectivity index (χ2n) is 8.95. The van der Waals surface area contributed by atoms with Crippen LogP contribution in [-0.4, -0.2) is 39.3 Å². The van der Waals surface area contributed by atoms with Gasteiger partial charge in [0.25, 0.3) is 5.91 Å². The van der Waals surface area contributed by atoms with Crippen molar-refractivity contribution in [3.8, 4) is 11.5 Å². The summed E-state index contributed by atoms with van der Waals surface area (Å²) < 4.78 is 11.0. The third-order valence-corrected chi connectivity index (χ3v) is 6.70. The number of piperidine rings is 1. The fourth-order valence-electron chi connectivity index (χ4n) is 4.62. The maximum Gasteiger partial charge on any atom is 0.251 e. The molecule has 0 aliphatic carbocycles. The highest BCUT2D eigenvalue weighted by Gasteiger charge is 2.20. The molecule has 0 unspecified atom stereocenters. The highest BCUT2D eigenvalue weighted by Crippen LogP contribution is 2.31. The van der Waals surface area contributed by atoms with Crippen molar-refractivity contribution >= 4 is 11.6 Å². The molecule has 0 spiro atoms. The van der Waals surface area contributed by atoms with Crippen LogP contribution in [0.1, 0.15) is 47.3 Å². The molecule has 1 aliphatic rings. The Labute approximate surface area is 208 Å². The Bertz CT molecular complexity index is 1090. The Morgan fingerprint density at radius 2 is 1.66 bits per heavy atom. The van der Waals surface area contributed by atoms with Crippen LogP contribution in [0.2, 0.25) is 0 Å². The summed E-state index contributed by atoms with van der Waals surface area (Å²) >= 11 is 0. The highest BCUT2D eigenvalue weighted by atomic mass is 16.5. The van der Waals surface area contributed by atoms with Gasteiger partial charge in [-0.3, -0.25) is 4.79 Å². The zero-order valence-corrected chi connectivity index (χ0v) is 20.8. The molecular weight excluding hydrogens is 438 g/mol. The number of para-hydroxylation sites is 1. The summed E-state index contributed by atoms with van der Waals surface area (Å²) in [5.41, 5.74) is 4.04. The van der Waals surface area contributed by atoms with Crippen LogP contribution in [0.15, 0.2) is 72.8 Å². The lowest BCUT2D eigenvalue weighted by Crippen LogP contribution is -2.42. The van der Waals surface area contributed by atoms with E-state index in [0.29, 0.717) is 11.6 Å². The number of anilines is 1. The minimum Gasteiger partial charge on any atom is -0.493 e. The number of hydrogen-bond acceptors (Lipinski definition) is 5. The van der Waals surface area contributed by atoms with Crippen molar-refractivity contribution < 1.29 is 14.3 Å². The van der Waals surface area contributed by atoms with Crippen LogP contribution in [0, 0.1) is 0 Å². The van der Waals surface area contributed by atoms with Gasteiger partial charge in [0.1, 0.15) is 0 Å². The molecule has 1 heterocycles. The maximum atomic E-state index is 12.7. The summed E-state index contributed by atoms with van der Waals surface area (Å²) in [6, 6.07) is 24.3. The number of benzene rings is 3. The Morgan fingerprint density at radius 1 is 0.943 bits per heavy atom. The molecule has 6 nitrogen and oxygen atoms in total. The zero-order valence-electron chi connectivity index (χ0n) is 20.8. The van der Waals surface area contributed by atoms with Crippen LogP contribution < -0.4 is 25.0 Å². The number of carbonyl (C=O) groups excluding carboxylic acids is 1. The molecule has 1 saturated heterocycles. The van der Waals surface area contributed by atoms with Crippen molar-refractivity contribution in [3.63, 3.8) is 0 Å². The molecular formula is C29H35N3O3. The fraction of sp³-hybridized carbons (Fsp3) is 0.345. The first-order valence-corrected chi connectivity index (χ1v) is 12.2. The second kappa shape index (κ2) is 11.8. The summed E-state index contributed by atoms with van der Waals surface area (Å²) in [5, 5.41) is 6.76. The standard InChI is InChI=1S/C29H35N3O3/c1-21(22-8-5-4-6-9-22)31-29(33)23-12-14-26(15-13-23)32-18-16-25(17-19-32)30-20-24-10-7-11-27(34-2)28(24)35-3/h4-15,21,25,30H,16-20H2,1-3H3,(H,31,33)/t21-/m1/s1. The first-order chi connectivity index (χ1) is 17.1. The van der Waals surface area contributed by atoms with Gasteiger partial charge in [-0.05, 0) is 55.7 Å². The minimum atomic E-state index is -0.0521. The lowest BCUT2D eigenvalue weighted by Gasteiger charge is -2.34. The van der Waals surface area contributed by atoms with Crippen molar-refractivity contribution in [1.82, 2.24) is 10.6 Å². The van der Waals surface area contributed by atoms with Gasteiger partial charge in [0.15, 0.2) is 11.5 Å².